The summed E-state index contributed by atoms with van der Waals surface area (Å²) >= 11 is 0. The maximum absolute atomic E-state index is 2.65. The maximum atomic E-state index is 2.65. The third-order valence-electron chi connectivity index (χ3n) is 9.70. The molecule has 1 unspecified atom stereocenters. The fourth-order valence-corrected chi connectivity index (χ4v) is 7.38. The summed E-state index contributed by atoms with van der Waals surface area (Å²) in [6.45, 7) is 23.7. The van der Waals surface area contributed by atoms with Gasteiger partial charge < -0.3 is 0 Å². The molecule has 5 rings (SSSR count). The van der Waals surface area contributed by atoms with Gasteiger partial charge in [0, 0.05) is 11.3 Å². The summed E-state index contributed by atoms with van der Waals surface area (Å²) < 4.78 is 0. The molecule has 1 saturated carbocycles. The molecule has 37 heavy (non-hydrogen) atoms. The van der Waals surface area contributed by atoms with Crippen molar-refractivity contribution in [3.05, 3.63) is 87.1 Å². The first-order valence-electron chi connectivity index (χ1n) is 14.8. The van der Waals surface area contributed by atoms with Crippen LogP contribution >= 0.6 is 0 Å². The third kappa shape index (κ3) is 4.47. The summed E-state index contributed by atoms with van der Waals surface area (Å²) in [5.74, 6) is 0.374. The van der Waals surface area contributed by atoms with Gasteiger partial charge in [0.25, 0.3) is 0 Å². The summed E-state index contributed by atoms with van der Waals surface area (Å²) in [6, 6.07) is 7.49. The van der Waals surface area contributed by atoms with E-state index in [1.54, 1.807) is 33.4 Å². The van der Waals surface area contributed by atoms with Gasteiger partial charge in [0.05, 0.1) is 0 Å². The smallest absolute Gasteiger partial charge is 0.0284 e. The molecule has 0 amide bonds. The van der Waals surface area contributed by atoms with Crippen LogP contribution in [-0.2, 0) is 5.41 Å². The number of benzene rings is 1. The molecule has 0 aromatic heterocycles. The molecule has 0 nitrogen and oxygen atoms in total. The number of hydrogen-bond acceptors (Lipinski definition) is 0. The summed E-state index contributed by atoms with van der Waals surface area (Å²) in [6.07, 6.45) is 18.0. The monoisotopic (exact) mass is 494 g/mol. The first kappa shape index (κ1) is 26.5. The van der Waals surface area contributed by atoms with Crippen LogP contribution < -0.4 is 0 Å². The largest absolute Gasteiger partial charge is 0.0689 e. The van der Waals surface area contributed by atoms with Gasteiger partial charge in [-0.25, -0.2) is 0 Å². The second-order valence-electron chi connectivity index (χ2n) is 15.5. The van der Waals surface area contributed by atoms with E-state index in [0.29, 0.717) is 5.92 Å². The zero-order valence-electron chi connectivity index (χ0n) is 25.4. The standard InChI is InChI=1S/C37H50/c1-24-20-27(36(8,9)10)23-32(24)37(18-12-11-13-19-37)33-28-16-14-25(34(2,3)4)21-30(28)31-22-26(35(5,6)7)15-17-29(31)33/h14-17,21-23,30H,11-13,18-20H2,1-10H3. The third-order valence-corrected chi connectivity index (χ3v) is 9.70. The zero-order chi connectivity index (χ0) is 27.0. The molecule has 0 saturated heterocycles. The maximum Gasteiger partial charge on any atom is 0.0284 e. The van der Waals surface area contributed by atoms with E-state index in [2.05, 4.69) is 112 Å². The van der Waals surface area contributed by atoms with E-state index in [9.17, 15) is 0 Å². The van der Waals surface area contributed by atoms with Crippen LogP contribution in [0.5, 0.6) is 0 Å². The minimum atomic E-state index is 0.134. The van der Waals surface area contributed by atoms with Gasteiger partial charge in [-0.05, 0) is 81.4 Å². The molecule has 1 aromatic rings. The predicted octanol–water partition coefficient (Wildman–Crippen LogP) is 11.0. The Morgan fingerprint density at radius 3 is 2.03 bits per heavy atom. The van der Waals surface area contributed by atoms with Crippen molar-refractivity contribution < 1.29 is 0 Å². The van der Waals surface area contributed by atoms with Crippen LogP contribution in [-0.4, -0.2) is 0 Å². The van der Waals surface area contributed by atoms with Crippen molar-refractivity contribution in [3.8, 4) is 0 Å². The molecule has 1 fully saturated rings. The number of hydrogen-bond donors (Lipinski definition) is 0. The summed E-state index contributed by atoms with van der Waals surface area (Å²) in [4.78, 5) is 0. The lowest BCUT2D eigenvalue weighted by Crippen LogP contribution is -2.28. The van der Waals surface area contributed by atoms with Crippen molar-refractivity contribution in [2.24, 2.45) is 16.2 Å². The number of allylic oxidation sites excluding steroid dienone is 10. The summed E-state index contributed by atoms with van der Waals surface area (Å²) in [5, 5.41) is 0. The average molecular weight is 495 g/mol. The Bertz CT molecular complexity index is 1250. The van der Waals surface area contributed by atoms with E-state index in [1.165, 1.54) is 48.8 Å². The summed E-state index contributed by atoms with van der Waals surface area (Å²) in [5.41, 5.74) is 14.8. The van der Waals surface area contributed by atoms with Crippen LogP contribution in [0.15, 0.2) is 70.4 Å². The van der Waals surface area contributed by atoms with Gasteiger partial charge in [0.1, 0.15) is 0 Å². The lowest BCUT2D eigenvalue weighted by Gasteiger charge is -2.42. The lowest BCUT2D eigenvalue weighted by atomic mass is 9.61. The molecule has 1 aromatic carbocycles. The Morgan fingerprint density at radius 1 is 0.784 bits per heavy atom. The van der Waals surface area contributed by atoms with Crippen LogP contribution in [0.2, 0.25) is 0 Å². The van der Waals surface area contributed by atoms with Crippen LogP contribution in [0.1, 0.15) is 130 Å². The molecule has 1 atom stereocenters. The molecule has 4 aliphatic rings. The molecular formula is C37H50. The van der Waals surface area contributed by atoms with Crippen molar-refractivity contribution in [1.29, 1.82) is 0 Å². The van der Waals surface area contributed by atoms with Gasteiger partial charge in [-0.3, -0.25) is 0 Å². The number of fused-ring (bicyclic) bond motifs is 3. The van der Waals surface area contributed by atoms with Crippen LogP contribution in [0, 0.1) is 16.2 Å². The quantitative estimate of drug-likeness (QED) is 0.383. The Kier molecular flexibility index (Phi) is 6.25. The molecule has 0 aliphatic heterocycles. The molecule has 198 valence electrons. The lowest BCUT2D eigenvalue weighted by molar-refractivity contribution is 0.324. The minimum absolute atomic E-state index is 0.134. The van der Waals surface area contributed by atoms with Gasteiger partial charge in [-0.2, -0.15) is 0 Å². The molecule has 4 aliphatic carbocycles. The van der Waals surface area contributed by atoms with Crippen molar-refractivity contribution in [2.75, 3.05) is 0 Å². The van der Waals surface area contributed by atoms with Crippen LogP contribution in [0.4, 0.5) is 0 Å². The van der Waals surface area contributed by atoms with Crippen LogP contribution in [0.3, 0.4) is 0 Å². The van der Waals surface area contributed by atoms with E-state index in [4.69, 9.17) is 0 Å². The van der Waals surface area contributed by atoms with E-state index < -0.39 is 0 Å². The molecule has 0 radical (unpaired) electrons. The SMILES string of the molecule is CC1=C(C2(C3=C4C=CC(C(C)(C)C)=CC4c4cc(C(C)(C)C)ccc43)CCCCC2)C=C(C(C)(C)C)C1. The highest BCUT2D eigenvalue weighted by atomic mass is 14.5. The highest BCUT2D eigenvalue weighted by Crippen LogP contribution is 2.62. The molecule has 0 heteroatoms. The van der Waals surface area contributed by atoms with E-state index >= 15 is 0 Å². The number of rotatable bonds is 2. The van der Waals surface area contributed by atoms with Gasteiger partial charge in [-0.15, -0.1) is 0 Å². The first-order valence-corrected chi connectivity index (χ1v) is 14.8. The van der Waals surface area contributed by atoms with E-state index in [1.807, 2.05) is 0 Å². The van der Waals surface area contributed by atoms with Crippen molar-refractivity contribution in [2.45, 2.75) is 119 Å². The second-order valence-corrected chi connectivity index (χ2v) is 15.5. The normalized spacial score (nSPS) is 23.8. The van der Waals surface area contributed by atoms with Gasteiger partial charge in [-0.1, -0.05) is 135 Å². The minimum Gasteiger partial charge on any atom is -0.0689 e. The van der Waals surface area contributed by atoms with Gasteiger partial charge in [0.2, 0.25) is 0 Å². The highest BCUT2D eigenvalue weighted by molar-refractivity contribution is 5.88. The Morgan fingerprint density at radius 2 is 1.46 bits per heavy atom. The van der Waals surface area contributed by atoms with Gasteiger partial charge in [0.15, 0.2) is 0 Å². The van der Waals surface area contributed by atoms with E-state index in [0.717, 1.165) is 6.42 Å². The fourth-order valence-electron chi connectivity index (χ4n) is 7.38. The molecule has 0 heterocycles. The predicted molar refractivity (Wildman–Crippen MR) is 162 cm³/mol. The summed E-state index contributed by atoms with van der Waals surface area (Å²) in [7, 11) is 0. The second kappa shape index (κ2) is 8.72. The Balaban J connectivity index is 1.76. The highest BCUT2D eigenvalue weighted by Gasteiger charge is 2.47. The van der Waals surface area contributed by atoms with Crippen molar-refractivity contribution in [3.63, 3.8) is 0 Å². The van der Waals surface area contributed by atoms with Crippen molar-refractivity contribution in [1.82, 2.24) is 0 Å². The molecule has 0 bridgehead atoms. The molecular weight excluding hydrogens is 444 g/mol. The van der Waals surface area contributed by atoms with E-state index in [-0.39, 0.29) is 21.7 Å². The van der Waals surface area contributed by atoms with Crippen molar-refractivity contribution >= 4 is 5.57 Å². The van der Waals surface area contributed by atoms with Crippen LogP contribution in [0.25, 0.3) is 5.57 Å². The van der Waals surface area contributed by atoms with Gasteiger partial charge >= 0.3 is 0 Å². The Hall–Kier alpha value is -2.08. The molecule has 0 spiro atoms. The first-order chi connectivity index (χ1) is 17.1. The Labute approximate surface area is 227 Å². The molecule has 0 N–H and O–H groups in total. The average Bonchev–Trinajstić information content (AvgIpc) is 3.36. The zero-order valence-corrected chi connectivity index (χ0v) is 25.4. The fraction of sp³-hybridized carbons (Fsp3) is 0.568. The topological polar surface area (TPSA) is 0 Å².